The number of fused-ring (bicyclic) bond motifs is 1. The van der Waals surface area contributed by atoms with Gasteiger partial charge in [0.2, 0.25) is 0 Å². The predicted octanol–water partition coefficient (Wildman–Crippen LogP) is 3.01. The lowest BCUT2D eigenvalue weighted by molar-refractivity contribution is -0.118. The summed E-state index contributed by atoms with van der Waals surface area (Å²) in [7, 11) is 0. The van der Waals surface area contributed by atoms with Gasteiger partial charge in [-0.2, -0.15) is 5.10 Å². The van der Waals surface area contributed by atoms with Crippen molar-refractivity contribution in [1.29, 1.82) is 0 Å². The third-order valence-corrected chi connectivity index (χ3v) is 4.38. The second-order valence-electron chi connectivity index (χ2n) is 5.43. The van der Waals surface area contributed by atoms with Crippen LogP contribution in [0.4, 0.5) is 5.69 Å². The van der Waals surface area contributed by atoms with Crippen molar-refractivity contribution in [2.24, 2.45) is 5.73 Å². The van der Waals surface area contributed by atoms with Crippen LogP contribution in [0.3, 0.4) is 0 Å². The number of amides is 1. The Labute approximate surface area is 152 Å². The summed E-state index contributed by atoms with van der Waals surface area (Å²) in [6.07, 6.45) is 0. The van der Waals surface area contributed by atoms with Crippen LogP contribution >= 0.6 is 22.6 Å². The third kappa shape index (κ3) is 3.31. The summed E-state index contributed by atoms with van der Waals surface area (Å²) in [5, 5.41) is 10.5. The minimum atomic E-state index is -0.646. The zero-order chi connectivity index (χ0) is 17.3. The summed E-state index contributed by atoms with van der Waals surface area (Å²) in [4.78, 5) is 23.8. The van der Waals surface area contributed by atoms with E-state index < -0.39 is 6.04 Å². The highest BCUT2D eigenvalue weighted by Crippen LogP contribution is 2.21. The number of ketones is 1. The van der Waals surface area contributed by atoms with Gasteiger partial charge >= 0.3 is 0 Å². The van der Waals surface area contributed by atoms with Gasteiger partial charge in [-0.15, -0.1) is 0 Å². The van der Waals surface area contributed by atoms with Crippen LogP contribution in [0.1, 0.15) is 29.0 Å². The Morgan fingerprint density at radius 3 is 2.58 bits per heavy atom. The number of aromatic amines is 1. The maximum Gasteiger partial charge on any atom is 0.276 e. The molecule has 1 heterocycles. The largest absolute Gasteiger partial charge is 0.321 e. The zero-order valence-corrected chi connectivity index (χ0v) is 15.0. The van der Waals surface area contributed by atoms with Crippen LogP contribution in [-0.2, 0) is 4.79 Å². The fraction of sp³-hybridized carbons (Fsp3) is 0.118. The van der Waals surface area contributed by atoms with Crippen molar-refractivity contribution in [3.05, 3.63) is 57.3 Å². The molecule has 3 aromatic rings. The van der Waals surface area contributed by atoms with E-state index in [9.17, 15) is 9.59 Å². The average molecular weight is 434 g/mol. The number of carbonyl (C=O) groups is 2. The summed E-state index contributed by atoms with van der Waals surface area (Å²) in [6, 6.07) is 12.0. The highest BCUT2D eigenvalue weighted by molar-refractivity contribution is 14.1. The zero-order valence-electron chi connectivity index (χ0n) is 12.8. The molecule has 0 spiro atoms. The number of aromatic nitrogens is 2. The van der Waals surface area contributed by atoms with E-state index >= 15 is 0 Å². The molecule has 24 heavy (non-hydrogen) atoms. The van der Waals surface area contributed by atoms with Crippen LogP contribution in [0.25, 0.3) is 10.9 Å². The number of benzene rings is 2. The first kappa shape index (κ1) is 16.6. The normalized spacial score (nSPS) is 12.1. The lowest BCUT2D eigenvalue weighted by Crippen LogP contribution is -2.18. The number of Topliss-reactive ketones (excluding diaryl/α,β-unsaturated/α-hetero) is 1. The number of nitrogens with two attached hydrogens (primary N) is 1. The van der Waals surface area contributed by atoms with Crippen molar-refractivity contribution >= 4 is 50.9 Å². The standard InChI is InChI=1S/C17H15IN4O2/c1-9(23)15(19)10-2-5-12(6-3-10)20-17(24)16-13-8-11(18)4-7-14(13)21-22-16/h2-8,15H,19H2,1H3,(H,20,24)(H,21,22). The lowest BCUT2D eigenvalue weighted by atomic mass is 10.0. The number of nitrogens with one attached hydrogen (secondary N) is 2. The summed E-state index contributed by atoms with van der Waals surface area (Å²) in [5.41, 5.74) is 8.26. The van der Waals surface area contributed by atoms with Gasteiger partial charge in [0.25, 0.3) is 5.91 Å². The van der Waals surface area contributed by atoms with Gasteiger partial charge in [0.05, 0.1) is 11.6 Å². The van der Waals surface area contributed by atoms with Gasteiger partial charge in [-0.05, 0) is 65.4 Å². The predicted molar refractivity (Wildman–Crippen MR) is 101 cm³/mol. The SMILES string of the molecule is CC(=O)C(N)c1ccc(NC(=O)c2n[nH]c3ccc(I)cc23)cc1. The van der Waals surface area contributed by atoms with E-state index in [-0.39, 0.29) is 11.7 Å². The van der Waals surface area contributed by atoms with Crippen molar-refractivity contribution in [1.82, 2.24) is 10.2 Å². The Kier molecular flexibility index (Phi) is 4.63. The van der Waals surface area contributed by atoms with Crippen LogP contribution in [0.15, 0.2) is 42.5 Å². The van der Waals surface area contributed by atoms with Crippen LogP contribution < -0.4 is 11.1 Å². The van der Waals surface area contributed by atoms with Gasteiger partial charge in [-0.1, -0.05) is 12.1 Å². The second kappa shape index (κ2) is 6.70. The lowest BCUT2D eigenvalue weighted by Gasteiger charge is -2.09. The topological polar surface area (TPSA) is 101 Å². The van der Waals surface area contributed by atoms with Gasteiger partial charge < -0.3 is 11.1 Å². The molecule has 122 valence electrons. The van der Waals surface area contributed by atoms with Gasteiger partial charge in [0.15, 0.2) is 11.5 Å². The Morgan fingerprint density at radius 2 is 1.92 bits per heavy atom. The van der Waals surface area contributed by atoms with E-state index in [2.05, 4.69) is 38.1 Å². The van der Waals surface area contributed by atoms with E-state index in [1.807, 2.05) is 18.2 Å². The third-order valence-electron chi connectivity index (χ3n) is 3.71. The average Bonchev–Trinajstić information content (AvgIpc) is 2.97. The molecule has 0 aliphatic heterocycles. The monoisotopic (exact) mass is 434 g/mol. The molecule has 0 aliphatic rings. The molecule has 2 aromatic carbocycles. The molecule has 1 unspecified atom stereocenters. The van der Waals surface area contributed by atoms with E-state index in [1.54, 1.807) is 24.3 Å². The smallest absolute Gasteiger partial charge is 0.276 e. The maximum absolute atomic E-state index is 12.5. The molecule has 0 saturated carbocycles. The van der Waals surface area contributed by atoms with Gasteiger partial charge in [0.1, 0.15) is 0 Å². The highest BCUT2D eigenvalue weighted by atomic mass is 127. The molecule has 0 bridgehead atoms. The van der Waals surface area contributed by atoms with Gasteiger partial charge in [0, 0.05) is 14.6 Å². The summed E-state index contributed by atoms with van der Waals surface area (Å²) in [5.74, 6) is -0.406. The number of H-pyrrole nitrogens is 1. The minimum absolute atomic E-state index is 0.107. The first-order chi connectivity index (χ1) is 11.5. The Balaban J connectivity index is 1.81. The molecule has 4 N–H and O–H groups in total. The van der Waals surface area contributed by atoms with E-state index in [0.717, 1.165) is 14.5 Å². The van der Waals surface area contributed by atoms with E-state index in [4.69, 9.17) is 5.73 Å². The number of rotatable bonds is 4. The molecule has 6 nitrogen and oxygen atoms in total. The fourth-order valence-corrected chi connectivity index (χ4v) is 2.85. The fourth-order valence-electron chi connectivity index (χ4n) is 2.36. The summed E-state index contributed by atoms with van der Waals surface area (Å²) < 4.78 is 1.03. The van der Waals surface area contributed by atoms with Crippen molar-refractivity contribution in [3.63, 3.8) is 0 Å². The molecule has 3 rings (SSSR count). The number of hydrogen-bond donors (Lipinski definition) is 3. The van der Waals surface area contributed by atoms with Crippen molar-refractivity contribution < 1.29 is 9.59 Å². The van der Waals surface area contributed by atoms with E-state index in [1.165, 1.54) is 6.92 Å². The van der Waals surface area contributed by atoms with Gasteiger partial charge in [-0.25, -0.2) is 0 Å². The van der Waals surface area contributed by atoms with Crippen LogP contribution in [-0.4, -0.2) is 21.9 Å². The number of anilines is 1. The minimum Gasteiger partial charge on any atom is -0.321 e. The molecule has 1 aromatic heterocycles. The molecular formula is C17H15IN4O2. The van der Waals surface area contributed by atoms with Crippen LogP contribution in [0.5, 0.6) is 0 Å². The molecule has 1 amide bonds. The van der Waals surface area contributed by atoms with Gasteiger partial charge in [-0.3, -0.25) is 14.7 Å². The molecule has 0 fully saturated rings. The molecule has 7 heteroatoms. The van der Waals surface area contributed by atoms with Crippen molar-refractivity contribution in [2.45, 2.75) is 13.0 Å². The summed E-state index contributed by atoms with van der Waals surface area (Å²) >= 11 is 2.19. The molecule has 1 atom stereocenters. The Hall–Kier alpha value is -2.26. The molecule has 0 saturated heterocycles. The molecule has 0 aliphatic carbocycles. The summed E-state index contributed by atoms with van der Waals surface area (Å²) in [6.45, 7) is 1.45. The number of nitrogens with zero attached hydrogens (tertiary/aromatic N) is 1. The maximum atomic E-state index is 12.5. The van der Waals surface area contributed by atoms with E-state index in [0.29, 0.717) is 16.9 Å². The van der Waals surface area contributed by atoms with Crippen molar-refractivity contribution in [3.8, 4) is 0 Å². The first-order valence-corrected chi connectivity index (χ1v) is 8.34. The highest BCUT2D eigenvalue weighted by Gasteiger charge is 2.15. The van der Waals surface area contributed by atoms with Crippen LogP contribution in [0, 0.1) is 3.57 Å². The number of halogens is 1. The molecular weight excluding hydrogens is 419 g/mol. The Morgan fingerprint density at radius 1 is 1.21 bits per heavy atom. The Bertz CT molecular complexity index is 918. The quantitative estimate of drug-likeness (QED) is 0.550. The number of hydrogen-bond acceptors (Lipinski definition) is 4. The second-order valence-corrected chi connectivity index (χ2v) is 6.67. The first-order valence-electron chi connectivity index (χ1n) is 7.26. The van der Waals surface area contributed by atoms with Crippen LogP contribution in [0.2, 0.25) is 0 Å². The van der Waals surface area contributed by atoms with Crippen molar-refractivity contribution in [2.75, 3.05) is 5.32 Å². The molecule has 0 radical (unpaired) electrons. The number of carbonyl (C=O) groups excluding carboxylic acids is 2.